The Balaban J connectivity index is 2.41. The first kappa shape index (κ1) is 16.2. The zero-order chi connectivity index (χ0) is 15.5. The van der Waals surface area contributed by atoms with Gasteiger partial charge >= 0.3 is 0 Å². The number of pyridine rings is 1. The molecule has 21 heavy (non-hydrogen) atoms. The van der Waals surface area contributed by atoms with Gasteiger partial charge in [0.1, 0.15) is 0 Å². The van der Waals surface area contributed by atoms with Gasteiger partial charge in [0, 0.05) is 22.5 Å². The molecule has 1 heterocycles. The second kappa shape index (κ2) is 6.29. The predicted molar refractivity (Wildman–Crippen MR) is 92.3 cm³/mol. The van der Waals surface area contributed by atoms with Crippen molar-refractivity contribution in [2.24, 2.45) is 0 Å². The molecule has 0 aliphatic carbocycles. The second-order valence-electron chi connectivity index (χ2n) is 6.82. The fourth-order valence-corrected chi connectivity index (χ4v) is 2.75. The van der Waals surface area contributed by atoms with Crippen LogP contribution in [0.2, 0.25) is 0 Å². The average Bonchev–Trinajstić information content (AvgIpc) is 2.46. The smallest absolute Gasteiger partial charge is 0.0792 e. The van der Waals surface area contributed by atoms with Crippen LogP contribution in [-0.4, -0.2) is 37.2 Å². The van der Waals surface area contributed by atoms with Crippen molar-refractivity contribution in [3.8, 4) is 0 Å². The summed E-state index contributed by atoms with van der Waals surface area (Å²) in [5, 5.41) is 0. The van der Waals surface area contributed by atoms with Gasteiger partial charge in [0.05, 0.1) is 33.4 Å². The summed E-state index contributed by atoms with van der Waals surface area (Å²) in [5.41, 5.74) is 2.40. The molecule has 0 spiro atoms. The van der Waals surface area contributed by atoms with Crippen molar-refractivity contribution >= 4 is 15.9 Å². The van der Waals surface area contributed by atoms with E-state index in [2.05, 4.69) is 85.4 Å². The highest BCUT2D eigenvalue weighted by molar-refractivity contribution is 9.10. The van der Waals surface area contributed by atoms with Gasteiger partial charge in [-0.05, 0) is 36.8 Å². The third kappa shape index (κ3) is 4.14. The predicted octanol–water partition coefficient (Wildman–Crippen LogP) is 4.25. The lowest BCUT2D eigenvalue weighted by molar-refractivity contribution is -0.870. The van der Waals surface area contributed by atoms with Crippen LogP contribution in [0, 0.1) is 0 Å². The van der Waals surface area contributed by atoms with Crippen molar-refractivity contribution in [3.05, 3.63) is 64.4 Å². The first-order valence-corrected chi connectivity index (χ1v) is 8.09. The minimum Gasteiger partial charge on any atom is -0.331 e. The van der Waals surface area contributed by atoms with Gasteiger partial charge in [0.15, 0.2) is 0 Å². The van der Waals surface area contributed by atoms with E-state index < -0.39 is 0 Å². The molecule has 1 unspecified atom stereocenters. The number of benzene rings is 1. The topological polar surface area (TPSA) is 12.9 Å². The van der Waals surface area contributed by atoms with Crippen LogP contribution in [-0.2, 0) is 5.41 Å². The Hall–Kier alpha value is -1.19. The number of hydrogen-bond acceptors (Lipinski definition) is 1. The van der Waals surface area contributed by atoms with Crippen molar-refractivity contribution in [2.75, 3.05) is 27.7 Å². The van der Waals surface area contributed by atoms with E-state index in [-0.39, 0.29) is 5.41 Å². The molecule has 0 radical (unpaired) electrons. The van der Waals surface area contributed by atoms with Crippen LogP contribution < -0.4 is 0 Å². The number of rotatable bonds is 5. The highest BCUT2D eigenvalue weighted by Gasteiger charge is 2.32. The molecule has 3 heteroatoms. The number of hydrogen-bond donors (Lipinski definition) is 0. The van der Waals surface area contributed by atoms with Crippen LogP contribution in [0.15, 0.2) is 53.1 Å². The summed E-state index contributed by atoms with van der Waals surface area (Å²) in [6, 6.07) is 14.8. The van der Waals surface area contributed by atoms with E-state index in [9.17, 15) is 0 Å². The van der Waals surface area contributed by atoms with E-state index in [0.717, 1.165) is 27.6 Å². The molecule has 0 saturated heterocycles. The van der Waals surface area contributed by atoms with Crippen molar-refractivity contribution in [3.63, 3.8) is 0 Å². The molecule has 0 aliphatic heterocycles. The van der Waals surface area contributed by atoms with Gasteiger partial charge < -0.3 is 4.48 Å². The Morgan fingerprint density at radius 2 is 1.71 bits per heavy atom. The monoisotopic (exact) mass is 347 g/mol. The Bertz CT molecular complexity index is 572. The molecule has 2 aromatic rings. The summed E-state index contributed by atoms with van der Waals surface area (Å²) in [5.74, 6) is 0. The third-order valence-corrected chi connectivity index (χ3v) is 4.52. The lowest BCUT2D eigenvalue weighted by atomic mass is 9.76. The van der Waals surface area contributed by atoms with Crippen molar-refractivity contribution < 1.29 is 4.48 Å². The van der Waals surface area contributed by atoms with Crippen LogP contribution >= 0.6 is 15.9 Å². The molecule has 2 rings (SSSR count). The van der Waals surface area contributed by atoms with Gasteiger partial charge in [0.2, 0.25) is 0 Å². The third-order valence-electron chi connectivity index (χ3n) is 3.99. The van der Waals surface area contributed by atoms with Crippen LogP contribution in [0.1, 0.15) is 24.6 Å². The number of nitrogens with zero attached hydrogens (tertiary/aromatic N) is 2. The highest BCUT2D eigenvalue weighted by atomic mass is 79.9. The van der Waals surface area contributed by atoms with Crippen molar-refractivity contribution in [2.45, 2.75) is 18.8 Å². The first-order valence-electron chi connectivity index (χ1n) is 7.29. The number of aromatic nitrogens is 1. The van der Waals surface area contributed by atoms with E-state index in [1.165, 1.54) is 5.56 Å². The minimum absolute atomic E-state index is 0.0620. The summed E-state index contributed by atoms with van der Waals surface area (Å²) in [6.07, 6.45) is 2.95. The van der Waals surface area contributed by atoms with Gasteiger partial charge in [-0.1, -0.05) is 34.1 Å². The molecule has 0 bridgehead atoms. The fourth-order valence-electron chi connectivity index (χ4n) is 2.49. The Kier molecular flexibility index (Phi) is 4.84. The number of halogens is 1. The van der Waals surface area contributed by atoms with Crippen LogP contribution in [0.5, 0.6) is 0 Å². The molecule has 0 N–H and O–H groups in total. The van der Waals surface area contributed by atoms with E-state index in [4.69, 9.17) is 0 Å². The lowest BCUT2D eigenvalue weighted by Gasteiger charge is -2.33. The molecule has 1 aromatic heterocycles. The lowest BCUT2D eigenvalue weighted by Crippen LogP contribution is -2.39. The molecule has 112 valence electrons. The molecular formula is C18H24BrN2+. The molecule has 1 atom stereocenters. The second-order valence-corrected chi connectivity index (χ2v) is 7.73. The summed E-state index contributed by atoms with van der Waals surface area (Å²) >= 11 is 3.52. The molecular weight excluding hydrogens is 324 g/mol. The molecule has 0 saturated carbocycles. The molecule has 0 fully saturated rings. The van der Waals surface area contributed by atoms with Gasteiger partial charge in [-0.25, -0.2) is 0 Å². The summed E-state index contributed by atoms with van der Waals surface area (Å²) in [6.45, 7) is 3.40. The van der Waals surface area contributed by atoms with Gasteiger partial charge in [0.25, 0.3) is 0 Å². The number of quaternary nitrogens is 1. The minimum atomic E-state index is -0.0620. The Morgan fingerprint density at radius 3 is 2.24 bits per heavy atom. The summed E-state index contributed by atoms with van der Waals surface area (Å²) in [7, 11) is 6.71. The molecule has 2 nitrogen and oxygen atoms in total. The maximum Gasteiger partial charge on any atom is 0.0792 e. The summed E-state index contributed by atoms with van der Waals surface area (Å²) in [4.78, 5) is 4.63. The highest BCUT2D eigenvalue weighted by Crippen LogP contribution is 2.35. The van der Waals surface area contributed by atoms with E-state index in [1.54, 1.807) is 0 Å². The molecule has 0 aliphatic rings. The van der Waals surface area contributed by atoms with Gasteiger partial charge in [-0.3, -0.25) is 4.98 Å². The van der Waals surface area contributed by atoms with Gasteiger partial charge in [-0.15, -0.1) is 0 Å². The standard InChI is InChI=1S/C18H24BrN2/c1-18(12-14-21(2,3)4,17-7-5-6-13-20-17)15-8-10-16(19)11-9-15/h5-11,13H,12,14H2,1-4H3/q+1. The van der Waals surface area contributed by atoms with Crippen LogP contribution in [0.25, 0.3) is 0 Å². The largest absolute Gasteiger partial charge is 0.331 e. The van der Waals surface area contributed by atoms with Crippen molar-refractivity contribution in [1.29, 1.82) is 0 Å². The Morgan fingerprint density at radius 1 is 1.05 bits per heavy atom. The first-order chi connectivity index (χ1) is 9.81. The Labute approximate surface area is 136 Å². The zero-order valence-electron chi connectivity index (χ0n) is 13.3. The SMILES string of the molecule is CC(CC[N+](C)(C)C)(c1ccc(Br)cc1)c1ccccn1. The fraction of sp³-hybridized carbons (Fsp3) is 0.389. The quantitative estimate of drug-likeness (QED) is 0.737. The van der Waals surface area contributed by atoms with Gasteiger partial charge in [-0.2, -0.15) is 0 Å². The normalized spacial score (nSPS) is 14.7. The zero-order valence-corrected chi connectivity index (χ0v) is 14.9. The maximum absolute atomic E-state index is 4.63. The van der Waals surface area contributed by atoms with E-state index in [0.29, 0.717) is 0 Å². The van der Waals surface area contributed by atoms with E-state index in [1.807, 2.05) is 12.3 Å². The van der Waals surface area contributed by atoms with Crippen LogP contribution in [0.4, 0.5) is 0 Å². The maximum atomic E-state index is 4.63. The van der Waals surface area contributed by atoms with E-state index >= 15 is 0 Å². The van der Waals surface area contributed by atoms with Crippen LogP contribution in [0.3, 0.4) is 0 Å². The average molecular weight is 348 g/mol. The molecule has 1 aromatic carbocycles. The molecule has 0 amide bonds. The summed E-state index contributed by atoms with van der Waals surface area (Å²) < 4.78 is 2.07. The van der Waals surface area contributed by atoms with Crippen molar-refractivity contribution in [1.82, 2.24) is 4.98 Å².